The Morgan fingerprint density at radius 2 is 1.36 bits per heavy atom. The number of benzene rings is 3. The quantitative estimate of drug-likeness (QED) is 0.199. The van der Waals surface area contributed by atoms with Gasteiger partial charge in [0.2, 0.25) is 0 Å². The largest absolute Gasteiger partial charge is 0.390 e. The van der Waals surface area contributed by atoms with E-state index in [0.29, 0.717) is 11.1 Å². The first-order valence-electron chi connectivity index (χ1n) is 10.8. The summed E-state index contributed by atoms with van der Waals surface area (Å²) in [5, 5.41) is 23.4. The number of nitrogens with one attached hydrogen (secondary N) is 3. The van der Waals surface area contributed by atoms with Gasteiger partial charge in [-0.25, -0.2) is 0 Å². The van der Waals surface area contributed by atoms with Crippen LogP contribution in [0.1, 0.15) is 40.0 Å². The molecule has 1 aliphatic heterocycles. The van der Waals surface area contributed by atoms with Crippen molar-refractivity contribution in [2.24, 2.45) is 0 Å². The van der Waals surface area contributed by atoms with Crippen molar-refractivity contribution in [2.45, 2.75) is 31.5 Å². The number of aromatic amines is 2. The third-order valence-electron chi connectivity index (χ3n) is 6.59. The SMILES string of the molecule is O=C1NC(=O)c2c1c1c3ccccc3[nH]c1c1[nH]c3ccc(Br)cc3c21.OC1CCCC1O. The van der Waals surface area contributed by atoms with Crippen LogP contribution in [0.2, 0.25) is 0 Å². The highest BCUT2D eigenvalue weighted by molar-refractivity contribution is 9.10. The second kappa shape index (κ2) is 7.41. The summed E-state index contributed by atoms with van der Waals surface area (Å²) in [7, 11) is 0. The molecule has 2 amide bonds. The van der Waals surface area contributed by atoms with E-state index in [2.05, 4.69) is 31.2 Å². The Morgan fingerprint density at radius 3 is 1.97 bits per heavy atom. The van der Waals surface area contributed by atoms with Gasteiger partial charge < -0.3 is 20.2 Å². The third kappa shape index (κ3) is 3.02. The Labute approximate surface area is 195 Å². The summed E-state index contributed by atoms with van der Waals surface area (Å²) < 4.78 is 0.918. The fraction of sp³-hybridized carbons (Fsp3) is 0.200. The maximum absolute atomic E-state index is 12.7. The number of imide groups is 1. The van der Waals surface area contributed by atoms with E-state index in [4.69, 9.17) is 10.2 Å². The molecule has 1 saturated carbocycles. The minimum absolute atomic E-state index is 0.342. The molecule has 5 aromatic rings. The number of para-hydroxylation sites is 1. The monoisotopic (exact) mass is 505 g/mol. The molecular formula is C25H20BrN3O4. The summed E-state index contributed by atoms with van der Waals surface area (Å²) in [4.78, 5) is 32.1. The lowest BCUT2D eigenvalue weighted by Gasteiger charge is -2.03. The molecule has 166 valence electrons. The van der Waals surface area contributed by atoms with E-state index in [9.17, 15) is 9.59 Å². The molecule has 8 heteroatoms. The number of fused-ring (bicyclic) bond motifs is 10. The fourth-order valence-electron chi connectivity index (χ4n) is 5.05. The lowest BCUT2D eigenvalue weighted by atomic mass is 9.97. The average molecular weight is 506 g/mol. The molecule has 7 nitrogen and oxygen atoms in total. The van der Waals surface area contributed by atoms with Crippen molar-refractivity contribution in [3.05, 3.63) is 58.1 Å². The van der Waals surface area contributed by atoms with Crippen LogP contribution in [0.4, 0.5) is 0 Å². The van der Waals surface area contributed by atoms with Crippen LogP contribution in [0.25, 0.3) is 43.6 Å². The number of amides is 2. The second-order valence-corrected chi connectivity index (χ2v) is 9.50. The normalized spacial score (nSPS) is 20.0. The number of hydrogen-bond donors (Lipinski definition) is 5. The second-order valence-electron chi connectivity index (χ2n) is 8.58. The summed E-state index contributed by atoms with van der Waals surface area (Å²) in [6.45, 7) is 0. The summed E-state index contributed by atoms with van der Waals surface area (Å²) in [5.74, 6) is -0.686. The topological polar surface area (TPSA) is 118 Å². The van der Waals surface area contributed by atoms with Gasteiger partial charge in [-0.15, -0.1) is 0 Å². The first-order valence-corrected chi connectivity index (χ1v) is 11.6. The summed E-state index contributed by atoms with van der Waals surface area (Å²) in [5.41, 5.74) is 4.44. The van der Waals surface area contributed by atoms with E-state index in [0.717, 1.165) is 67.3 Å². The maximum atomic E-state index is 12.7. The number of H-pyrrole nitrogens is 2. The predicted octanol–water partition coefficient (Wildman–Crippen LogP) is 4.49. The number of halogens is 1. The predicted molar refractivity (Wildman–Crippen MR) is 131 cm³/mol. The lowest BCUT2D eigenvalue weighted by Crippen LogP contribution is -2.20. The zero-order chi connectivity index (χ0) is 22.9. The van der Waals surface area contributed by atoms with Crippen molar-refractivity contribution in [2.75, 3.05) is 0 Å². The van der Waals surface area contributed by atoms with Gasteiger partial charge in [0.05, 0.1) is 34.4 Å². The Hall–Kier alpha value is -3.20. The van der Waals surface area contributed by atoms with Crippen molar-refractivity contribution in [1.29, 1.82) is 0 Å². The highest BCUT2D eigenvalue weighted by Gasteiger charge is 2.34. The average Bonchev–Trinajstić information content (AvgIpc) is 3.53. The van der Waals surface area contributed by atoms with Gasteiger partial charge in [0, 0.05) is 37.1 Å². The molecule has 2 aromatic heterocycles. The number of aliphatic hydroxyl groups is 2. The Morgan fingerprint density at radius 1 is 0.788 bits per heavy atom. The Balaban J connectivity index is 0.000000255. The first kappa shape index (κ1) is 20.4. The molecule has 33 heavy (non-hydrogen) atoms. The number of hydrogen-bond acceptors (Lipinski definition) is 4. The number of carbonyl (C=O) groups excluding carboxylic acids is 2. The molecule has 0 spiro atoms. The highest BCUT2D eigenvalue weighted by atomic mass is 79.9. The van der Waals surface area contributed by atoms with Gasteiger partial charge in [0.15, 0.2) is 0 Å². The van der Waals surface area contributed by atoms with E-state index in [1.165, 1.54) is 0 Å². The summed E-state index contributed by atoms with van der Waals surface area (Å²) in [6.07, 6.45) is 1.67. The Bertz CT molecular complexity index is 1610. The van der Waals surface area contributed by atoms with Crippen LogP contribution in [0.3, 0.4) is 0 Å². The molecule has 2 unspecified atom stereocenters. The fourth-order valence-corrected chi connectivity index (χ4v) is 5.41. The lowest BCUT2D eigenvalue weighted by molar-refractivity contribution is 0.0438. The zero-order valence-corrected chi connectivity index (χ0v) is 19.0. The molecule has 7 rings (SSSR count). The molecule has 0 saturated heterocycles. The number of rotatable bonds is 0. The van der Waals surface area contributed by atoms with Crippen molar-refractivity contribution in [3.63, 3.8) is 0 Å². The standard InChI is InChI=1S/C20H10BrN3O2.C5H10O2/c21-8-5-6-12-10(7-8)14-16-15(19(25)24-20(16)26)13-9-3-1-2-4-11(9)22-17(13)18(14)23-12;6-4-2-1-3-5(4)7/h1-7,22-23H,(H,24,25,26);4-7H,1-3H2. The van der Waals surface area contributed by atoms with Crippen LogP contribution in [0.15, 0.2) is 46.9 Å². The van der Waals surface area contributed by atoms with E-state index in [1.807, 2.05) is 42.5 Å². The van der Waals surface area contributed by atoms with Crippen LogP contribution >= 0.6 is 15.9 Å². The number of aliphatic hydroxyl groups excluding tert-OH is 2. The van der Waals surface area contributed by atoms with E-state index in [1.54, 1.807) is 0 Å². The molecule has 3 heterocycles. The minimum atomic E-state index is -0.431. The van der Waals surface area contributed by atoms with Crippen molar-refractivity contribution < 1.29 is 19.8 Å². The third-order valence-corrected chi connectivity index (χ3v) is 7.09. The molecule has 5 N–H and O–H groups in total. The van der Waals surface area contributed by atoms with Gasteiger partial charge >= 0.3 is 0 Å². The van der Waals surface area contributed by atoms with E-state index >= 15 is 0 Å². The van der Waals surface area contributed by atoms with Crippen molar-refractivity contribution in [1.82, 2.24) is 15.3 Å². The van der Waals surface area contributed by atoms with Crippen LogP contribution in [0.5, 0.6) is 0 Å². The Kier molecular flexibility index (Phi) is 4.58. The van der Waals surface area contributed by atoms with Crippen LogP contribution in [0, 0.1) is 0 Å². The van der Waals surface area contributed by atoms with Gasteiger partial charge in [-0.3, -0.25) is 14.9 Å². The summed E-state index contributed by atoms with van der Waals surface area (Å²) >= 11 is 3.50. The molecule has 0 radical (unpaired) electrons. The first-order chi connectivity index (χ1) is 15.9. The van der Waals surface area contributed by atoms with Crippen LogP contribution < -0.4 is 5.32 Å². The van der Waals surface area contributed by atoms with Gasteiger partial charge in [0.25, 0.3) is 11.8 Å². The smallest absolute Gasteiger partial charge is 0.259 e. The molecule has 2 atom stereocenters. The van der Waals surface area contributed by atoms with Crippen molar-refractivity contribution >= 4 is 71.4 Å². The van der Waals surface area contributed by atoms with E-state index < -0.39 is 12.2 Å². The molecule has 3 aromatic carbocycles. The van der Waals surface area contributed by atoms with Gasteiger partial charge in [-0.2, -0.15) is 0 Å². The van der Waals surface area contributed by atoms with Crippen LogP contribution in [-0.2, 0) is 0 Å². The van der Waals surface area contributed by atoms with Gasteiger partial charge in [0.1, 0.15) is 0 Å². The van der Waals surface area contributed by atoms with Gasteiger partial charge in [-0.05, 0) is 43.5 Å². The molecule has 2 aliphatic rings. The van der Waals surface area contributed by atoms with Crippen LogP contribution in [-0.4, -0.2) is 44.2 Å². The minimum Gasteiger partial charge on any atom is -0.390 e. The molecule has 1 fully saturated rings. The maximum Gasteiger partial charge on any atom is 0.259 e. The molecule has 1 aliphatic carbocycles. The molecular weight excluding hydrogens is 486 g/mol. The highest BCUT2D eigenvalue weighted by Crippen LogP contribution is 2.42. The zero-order valence-electron chi connectivity index (χ0n) is 17.4. The molecule has 0 bridgehead atoms. The van der Waals surface area contributed by atoms with Crippen molar-refractivity contribution in [3.8, 4) is 0 Å². The van der Waals surface area contributed by atoms with Gasteiger partial charge in [-0.1, -0.05) is 34.1 Å². The number of aromatic nitrogens is 2. The number of carbonyl (C=O) groups is 2. The summed E-state index contributed by atoms with van der Waals surface area (Å²) in [6, 6.07) is 13.7. The van der Waals surface area contributed by atoms with E-state index in [-0.39, 0.29) is 11.8 Å².